The molecule has 0 saturated heterocycles. The van der Waals surface area contributed by atoms with Crippen LogP contribution in [0.3, 0.4) is 0 Å². The van der Waals surface area contributed by atoms with E-state index in [1.165, 1.54) is 5.56 Å². The predicted octanol–water partition coefficient (Wildman–Crippen LogP) is 2.92. The number of nitrogens with one attached hydrogen (secondary N) is 2. The Kier molecular flexibility index (Phi) is 7.66. The molecule has 0 heterocycles. The second kappa shape index (κ2) is 9.97. The summed E-state index contributed by atoms with van der Waals surface area (Å²) in [4.78, 5) is 4.20. The van der Waals surface area contributed by atoms with Crippen LogP contribution in [-0.2, 0) is 15.6 Å². The van der Waals surface area contributed by atoms with Crippen molar-refractivity contribution in [1.82, 2.24) is 10.6 Å². The van der Waals surface area contributed by atoms with Gasteiger partial charge in [0.2, 0.25) is 0 Å². The molecule has 0 radical (unpaired) electrons. The molecule has 140 valence electrons. The van der Waals surface area contributed by atoms with Gasteiger partial charge in [0.05, 0.1) is 17.5 Å². The molecule has 2 rings (SSSR count). The molecule has 0 amide bonds. The molecule has 0 fully saturated rings. The van der Waals surface area contributed by atoms with E-state index in [0.717, 1.165) is 5.56 Å². The maximum atomic E-state index is 12.2. The number of guanidine groups is 1. The summed E-state index contributed by atoms with van der Waals surface area (Å²) in [6.07, 6.45) is 0.537. The molecule has 2 aromatic rings. The molecule has 2 N–H and O–H groups in total. The number of hydrogen-bond acceptors (Lipinski definition) is 3. The van der Waals surface area contributed by atoms with Gasteiger partial charge in [-0.3, -0.25) is 4.99 Å². The van der Waals surface area contributed by atoms with Crippen LogP contribution in [-0.4, -0.2) is 33.7 Å². The van der Waals surface area contributed by atoms with Gasteiger partial charge >= 0.3 is 0 Å². The zero-order chi connectivity index (χ0) is 18.8. The Balaban J connectivity index is 1.75. The van der Waals surface area contributed by atoms with Crippen molar-refractivity contribution < 1.29 is 8.42 Å². The zero-order valence-corrected chi connectivity index (χ0v) is 16.2. The summed E-state index contributed by atoms with van der Waals surface area (Å²) in [7, 11) is -1.40. The average molecular weight is 374 g/mol. The van der Waals surface area contributed by atoms with Crippen LogP contribution in [0.4, 0.5) is 0 Å². The number of benzene rings is 2. The fraction of sp³-hybridized carbons (Fsp3) is 0.350. The van der Waals surface area contributed by atoms with E-state index < -0.39 is 9.84 Å². The first kappa shape index (κ1) is 20.0. The zero-order valence-electron chi connectivity index (χ0n) is 15.4. The molecular formula is C20H27N3O2S. The highest BCUT2D eigenvalue weighted by molar-refractivity contribution is 7.90. The number of aliphatic imine (C=N–C) groups is 1. The normalized spacial score (nSPS) is 13.2. The number of rotatable bonds is 8. The number of hydrogen-bond donors (Lipinski definition) is 2. The molecule has 0 saturated carbocycles. The summed E-state index contributed by atoms with van der Waals surface area (Å²) in [5.74, 6) is 0.910. The Bertz CT molecular complexity index is 790. The summed E-state index contributed by atoms with van der Waals surface area (Å²) >= 11 is 0. The van der Waals surface area contributed by atoms with Crippen LogP contribution in [0.25, 0.3) is 0 Å². The van der Waals surface area contributed by atoms with Gasteiger partial charge in [-0.05, 0) is 24.5 Å². The quantitative estimate of drug-likeness (QED) is 0.424. The van der Waals surface area contributed by atoms with E-state index in [-0.39, 0.29) is 17.5 Å². The van der Waals surface area contributed by atoms with E-state index >= 15 is 0 Å². The minimum absolute atomic E-state index is 0.0891. The molecule has 0 aliphatic carbocycles. The van der Waals surface area contributed by atoms with Gasteiger partial charge < -0.3 is 10.6 Å². The molecular weight excluding hydrogens is 346 g/mol. The molecule has 2 aromatic carbocycles. The van der Waals surface area contributed by atoms with Crippen molar-refractivity contribution in [1.29, 1.82) is 0 Å². The molecule has 26 heavy (non-hydrogen) atoms. The first-order chi connectivity index (χ1) is 12.5. The number of nitrogens with zero attached hydrogens (tertiary/aromatic N) is 1. The highest BCUT2D eigenvalue weighted by atomic mass is 32.2. The van der Waals surface area contributed by atoms with Gasteiger partial charge in [-0.1, -0.05) is 60.7 Å². The van der Waals surface area contributed by atoms with Gasteiger partial charge in [0.1, 0.15) is 0 Å². The van der Waals surface area contributed by atoms with Gasteiger partial charge in [-0.15, -0.1) is 0 Å². The molecule has 0 bridgehead atoms. The minimum Gasteiger partial charge on any atom is -0.356 e. The lowest BCUT2D eigenvalue weighted by atomic mass is 10.1. The lowest BCUT2D eigenvalue weighted by molar-refractivity contribution is 0.591. The summed E-state index contributed by atoms with van der Waals surface area (Å²) in [6, 6.07) is 19.5. The van der Waals surface area contributed by atoms with Crippen molar-refractivity contribution >= 4 is 15.8 Å². The summed E-state index contributed by atoms with van der Waals surface area (Å²) < 4.78 is 24.4. The van der Waals surface area contributed by atoms with Crippen LogP contribution in [0.1, 0.15) is 30.5 Å². The fourth-order valence-electron chi connectivity index (χ4n) is 2.62. The van der Waals surface area contributed by atoms with Gasteiger partial charge in [0.15, 0.2) is 15.8 Å². The maximum absolute atomic E-state index is 12.2. The molecule has 5 nitrogen and oxygen atoms in total. The van der Waals surface area contributed by atoms with E-state index in [9.17, 15) is 8.42 Å². The Morgan fingerprint density at radius 3 is 2.27 bits per heavy atom. The lowest BCUT2D eigenvalue weighted by Crippen LogP contribution is -2.39. The highest BCUT2D eigenvalue weighted by Crippen LogP contribution is 2.10. The Morgan fingerprint density at radius 1 is 1.04 bits per heavy atom. The maximum Gasteiger partial charge on any atom is 0.191 e. The van der Waals surface area contributed by atoms with Crippen molar-refractivity contribution in [2.45, 2.75) is 25.1 Å². The Morgan fingerprint density at radius 2 is 1.65 bits per heavy atom. The molecule has 1 atom stereocenters. The van der Waals surface area contributed by atoms with Crippen LogP contribution in [0.5, 0.6) is 0 Å². The largest absolute Gasteiger partial charge is 0.356 e. The van der Waals surface area contributed by atoms with Gasteiger partial charge in [0.25, 0.3) is 0 Å². The topological polar surface area (TPSA) is 70.6 Å². The Hall–Kier alpha value is -2.34. The van der Waals surface area contributed by atoms with Gasteiger partial charge in [-0.25, -0.2) is 8.42 Å². The standard InChI is InChI=1S/C20H27N3O2S/c1-17(19-12-7-4-8-13-19)23-20(21-2)22-14-9-15-26(24,25)16-18-10-5-3-6-11-18/h3-8,10-13,17H,9,14-16H2,1-2H3,(H2,21,22,23). The van der Waals surface area contributed by atoms with Gasteiger partial charge in [0, 0.05) is 13.6 Å². The molecule has 6 heteroatoms. The van der Waals surface area contributed by atoms with Crippen LogP contribution in [0.15, 0.2) is 65.7 Å². The summed E-state index contributed by atoms with van der Waals surface area (Å²) in [6.45, 7) is 2.61. The van der Waals surface area contributed by atoms with Crippen LogP contribution in [0, 0.1) is 0 Å². The third kappa shape index (κ3) is 6.88. The van der Waals surface area contributed by atoms with E-state index in [2.05, 4.69) is 34.7 Å². The second-order valence-electron chi connectivity index (χ2n) is 6.21. The molecule has 0 aromatic heterocycles. The fourth-order valence-corrected chi connectivity index (χ4v) is 4.05. The van der Waals surface area contributed by atoms with Crippen molar-refractivity contribution in [3.8, 4) is 0 Å². The lowest BCUT2D eigenvalue weighted by Gasteiger charge is -2.18. The first-order valence-corrected chi connectivity index (χ1v) is 10.6. The first-order valence-electron chi connectivity index (χ1n) is 8.76. The number of sulfone groups is 1. The SMILES string of the molecule is CN=C(NCCCS(=O)(=O)Cc1ccccc1)NC(C)c1ccccc1. The third-order valence-corrected chi connectivity index (χ3v) is 5.71. The molecule has 0 spiro atoms. The third-order valence-electron chi connectivity index (χ3n) is 4.03. The van der Waals surface area contributed by atoms with Crippen molar-refractivity contribution in [2.75, 3.05) is 19.3 Å². The van der Waals surface area contributed by atoms with E-state index in [4.69, 9.17) is 0 Å². The summed E-state index contributed by atoms with van der Waals surface area (Å²) in [5, 5.41) is 6.49. The van der Waals surface area contributed by atoms with E-state index in [0.29, 0.717) is 18.9 Å². The van der Waals surface area contributed by atoms with Crippen molar-refractivity contribution in [3.63, 3.8) is 0 Å². The predicted molar refractivity (Wildman–Crippen MR) is 108 cm³/mol. The Labute approximate surface area is 156 Å². The smallest absolute Gasteiger partial charge is 0.191 e. The van der Waals surface area contributed by atoms with Crippen molar-refractivity contribution in [3.05, 3.63) is 71.8 Å². The van der Waals surface area contributed by atoms with Crippen LogP contribution in [0.2, 0.25) is 0 Å². The van der Waals surface area contributed by atoms with E-state index in [1.807, 2.05) is 48.5 Å². The monoisotopic (exact) mass is 373 g/mol. The van der Waals surface area contributed by atoms with Gasteiger partial charge in [-0.2, -0.15) is 0 Å². The molecule has 1 unspecified atom stereocenters. The average Bonchev–Trinajstić information content (AvgIpc) is 2.65. The van der Waals surface area contributed by atoms with Crippen LogP contribution >= 0.6 is 0 Å². The summed E-state index contributed by atoms with van der Waals surface area (Å²) in [5.41, 5.74) is 2.00. The minimum atomic E-state index is -3.11. The van der Waals surface area contributed by atoms with E-state index in [1.54, 1.807) is 7.05 Å². The van der Waals surface area contributed by atoms with Crippen LogP contribution < -0.4 is 10.6 Å². The molecule has 0 aliphatic heterocycles. The molecule has 0 aliphatic rings. The van der Waals surface area contributed by atoms with Crippen molar-refractivity contribution in [2.24, 2.45) is 4.99 Å². The second-order valence-corrected chi connectivity index (χ2v) is 8.39. The highest BCUT2D eigenvalue weighted by Gasteiger charge is 2.12.